The number of allylic oxidation sites excluding steroid dienone is 2. The van der Waals surface area contributed by atoms with E-state index < -0.39 is 0 Å². The Hall–Kier alpha value is -0.860. The normalized spacial score (nSPS) is 24.2. The molecule has 1 aromatic rings. The number of halogens is 1. The zero-order valence-corrected chi connectivity index (χ0v) is 10.7. The van der Waals surface area contributed by atoms with Gasteiger partial charge in [0, 0.05) is 10.3 Å². The van der Waals surface area contributed by atoms with Gasteiger partial charge in [-0.2, -0.15) is 0 Å². The molecule has 3 heteroatoms. The van der Waals surface area contributed by atoms with Gasteiger partial charge in [0.1, 0.15) is 0 Å². The summed E-state index contributed by atoms with van der Waals surface area (Å²) in [4.78, 5) is 0. The van der Waals surface area contributed by atoms with E-state index in [9.17, 15) is 0 Å². The van der Waals surface area contributed by atoms with Gasteiger partial charge in [-0.05, 0) is 30.4 Å². The first kappa shape index (κ1) is 11.6. The third-order valence-corrected chi connectivity index (χ3v) is 4.67. The molecule has 84 valence electrons. The molecule has 0 amide bonds. The van der Waals surface area contributed by atoms with E-state index in [4.69, 9.17) is 16.4 Å². The van der Waals surface area contributed by atoms with Crippen molar-refractivity contribution in [1.29, 1.82) is 4.78 Å². The van der Waals surface area contributed by atoms with Gasteiger partial charge in [0.05, 0.1) is 0 Å². The van der Waals surface area contributed by atoms with E-state index in [1.807, 2.05) is 29.7 Å². The molecule has 2 rings (SSSR count). The van der Waals surface area contributed by atoms with Crippen LogP contribution in [-0.2, 0) is 17.1 Å². The number of rotatable bonds is 2. The molecular weight excluding hydrogens is 238 g/mol. The highest BCUT2D eigenvalue weighted by Crippen LogP contribution is 2.24. The lowest BCUT2D eigenvalue weighted by Gasteiger charge is -2.19. The van der Waals surface area contributed by atoms with Gasteiger partial charge in [0.25, 0.3) is 0 Å². The van der Waals surface area contributed by atoms with Crippen LogP contribution in [0.4, 0.5) is 0 Å². The van der Waals surface area contributed by atoms with Crippen molar-refractivity contribution < 1.29 is 0 Å². The lowest BCUT2D eigenvalue weighted by atomic mass is 10.0. The summed E-state index contributed by atoms with van der Waals surface area (Å²) in [7, 11) is -0.387. The van der Waals surface area contributed by atoms with Crippen LogP contribution in [0, 0.1) is 4.78 Å². The van der Waals surface area contributed by atoms with Crippen molar-refractivity contribution in [3.8, 4) is 0 Å². The summed E-state index contributed by atoms with van der Waals surface area (Å²) < 4.78 is 7.90. The minimum Gasteiger partial charge on any atom is -0.276 e. The Morgan fingerprint density at radius 2 is 2.12 bits per heavy atom. The first-order chi connectivity index (χ1) is 7.68. The van der Waals surface area contributed by atoms with E-state index in [1.165, 1.54) is 5.57 Å². The largest absolute Gasteiger partial charge is 0.276 e. The Morgan fingerprint density at radius 1 is 1.38 bits per heavy atom. The zero-order chi connectivity index (χ0) is 11.5. The van der Waals surface area contributed by atoms with Crippen LogP contribution in [0.15, 0.2) is 47.4 Å². The first-order valence-electron chi connectivity index (χ1n) is 5.22. The smallest absolute Gasteiger partial charge is 0.0441 e. The minimum absolute atomic E-state index is 0.307. The van der Waals surface area contributed by atoms with Crippen LogP contribution < -0.4 is 0 Å². The number of benzene rings is 1. The molecule has 0 aromatic heterocycles. The first-order valence-corrected chi connectivity index (χ1v) is 6.95. The molecule has 0 spiro atoms. The molecule has 2 unspecified atom stereocenters. The van der Waals surface area contributed by atoms with Gasteiger partial charge in [0.2, 0.25) is 0 Å². The predicted octanol–water partition coefficient (Wildman–Crippen LogP) is 4.11. The molecule has 0 radical (unpaired) electrons. The second kappa shape index (κ2) is 4.98. The molecule has 16 heavy (non-hydrogen) atoms. The standard InChI is InChI=1S/C13H14ClNS/c1-10-11(6-4-8-16(10)15)9-12-5-2-3-7-13(12)14/h2-8,10,15H,9H2,1H3. The number of hydrogen-bond donors (Lipinski definition) is 1. The summed E-state index contributed by atoms with van der Waals surface area (Å²) in [5.74, 6) is 0. The third kappa shape index (κ3) is 2.45. The summed E-state index contributed by atoms with van der Waals surface area (Å²) >= 11 is 6.14. The highest BCUT2D eigenvalue weighted by molar-refractivity contribution is 7.89. The average Bonchev–Trinajstić information content (AvgIpc) is 2.28. The maximum atomic E-state index is 7.90. The van der Waals surface area contributed by atoms with Crippen molar-refractivity contribution in [1.82, 2.24) is 0 Å². The Balaban J connectivity index is 2.23. The van der Waals surface area contributed by atoms with Crippen LogP contribution in [0.5, 0.6) is 0 Å². The van der Waals surface area contributed by atoms with Gasteiger partial charge in [-0.3, -0.25) is 4.78 Å². The lowest BCUT2D eigenvalue weighted by Crippen LogP contribution is -2.15. The Kier molecular flexibility index (Phi) is 3.62. The summed E-state index contributed by atoms with van der Waals surface area (Å²) in [5.41, 5.74) is 2.45. The zero-order valence-electron chi connectivity index (χ0n) is 9.11. The summed E-state index contributed by atoms with van der Waals surface area (Å²) in [6.07, 6.45) is 4.96. The van der Waals surface area contributed by atoms with Gasteiger partial charge >= 0.3 is 0 Å². The Morgan fingerprint density at radius 3 is 2.88 bits per heavy atom. The molecule has 1 aliphatic rings. The monoisotopic (exact) mass is 251 g/mol. The molecule has 0 saturated carbocycles. The minimum atomic E-state index is -0.387. The molecule has 0 aliphatic carbocycles. The van der Waals surface area contributed by atoms with E-state index in [0.717, 1.165) is 17.0 Å². The number of nitrogens with one attached hydrogen (secondary N) is 1. The maximum Gasteiger partial charge on any atom is 0.0441 e. The topological polar surface area (TPSA) is 23.9 Å². The molecule has 1 nitrogen and oxygen atoms in total. The second-order valence-corrected chi connectivity index (χ2v) is 5.98. The van der Waals surface area contributed by atoms with Gasteiger partial charge in [0.15, 0.2) is 0 Å². The van der Waals surface area contributed by atoms with Crippen LogP contribution >= 0.6 is 11.6 Å². The molecule has 0 saturated heterocycles. The van der Waals surface area contributed by atoms with Crippen LogP contribution in [0.3, 0.4) is 0 Å². The third-order valence-electron chi connectivity index (χ3n) is 2.79. The highest BCUT2D eigenvalue weighted by Gasteiger charge is 2.15. The summed E-state index contributed by atoms with van der Waals surface area (Å²) in [5, 5.41) is 3.08. The molecule has 0 fully saturated rings. The Labute approximate surface area is 104 Å². The Bertz CT molecular complexity index is 477. The van der Waals surface area contributed by atoms with Crippen molar-refractivity contribution in [3.63, 3.8) is 0 Å². The van der Waals surface area contributed by atoms with Crippen molar-refractivity contribution in [2.45, 2.75) is 18.6 Å². The van der Waals surface area contributed by atoms with Crippen LogP contribution in [0.2, 0.25) is 5.02 Å². The lowest BCUT2D eigenvalue weighted by molar-refractivity contribution is 1.01. The van der Waals surface area contributed by atoms with Crippen LogP contribution in [-0.4, -0.2) is 5.25 Å². The van der Waals surface area contributed by atoms with Gasteiger partial charge in [-0.25, -0.2) is 0 Å². The van der Waals surface area contributed by atoms with Crippen molar-refractivity contribution in [3.05, 3.63) is 58.0 Å². The van der Waals surface area contributed by atoms with E-state index in [-0.39, 0.29) is 10.7 Å². The van der Waals surface area contributed by atoms with E-state index in [1.54, 1.807) is 0 Å². The van der Waals surface area contributed by atoms with Crippen molar-refractivity contribution in [2.24, 2.45) is 0 Å². The van der Waals surface area contributed by atoms with Crippen molar-refractivity contribution >= 4 is 22.3 Å². The maximum absolute atomic E-state index is 7.90. The quantitative estimate of drug-likeness (QED) is 0.818. The van der Waals surface area contributed by atoms with Crippen molar-refractivity contribution in [2.75, 3.05) is 0 Å². The van der Waals surface area contributed by atoms with E-state index in [0.29, 0.717) is 5.25 Å². The van der Waals surface area contributed by atoms with Gasteiger partial charge in [-0.1, -0.05) is 58.2 Å². The van der Waals surface area contributed by atoms with Crippen LogP contribution in [0.1, 0.15) is 12.5 Å². The van der Waals surface area contributed by atoms with E-state index in [2.05, 4.69) is 19.1 Å². The van der Waals surface area contributed by atoms with Gasteiger partial charge in [-0.15, -0.1) is 0 Å². The van der Waals surface area contributed by atoms with Crippen LogP contribution in [0.25, 0.3) is 0 Å². The molecule has 1 N–H and O–H groups in total. The van der Waals surface area contributed by atoms with Gasteiger partial charge < -0.3 is 0 Å². The summed E-state index contributed by atoms with van der Waals surface area (Å²) in [6, 6.07) is 7.92. The molecular formula is C13H14ClNS. The molecule has 1 heterocycles. The highest BCUT2D eigenvalue weighted by atomic mass is 35.5. The summed E-state index contributed by atoms with van der Waals surface area (Å²) in [6.45, 7) is 2.11. The number of hydrogen-bond acceptors (Lipinski definition) is 1. The molecule has 0 bridgehead atoms. The fourth-order valence-corrected chi connectivity index (χ4v) is 2.90. The molecule has 1 aliphatic heterocycles. The second-order valence-electron chi connectivity index (χ2n) is 3.85. The fraction of sp³-hybridized carbons (Fsp3) is 0.231. The molecule has 1 aromatic carbocycles. The predicted molar refractivity (Wildman–Crippen MR) is 71.9 cm³/mol. The molecule has 2 atom stereocenters. The average molecular weight is 252 g/mol. The fourth-order valence-electron chi connectivity index (χ4n) is 1.73. The SMILES string of the molecule is CC1C(Cc2ccccc2Cl)=CC=CS1=N. The van der Waals surface area contributed by atoms with E-state index >= 15 is 0 Å².